The van der Waals surface area contributed by atoms with Crippen molar-refractivity contribution in [2.45, 2.75) is 58.3 Å². The molecular formula is C17H25Br. The number of hydrogen-bond donors (Lipinski definition) is 0. The predicted molar refractivity (Wildman–Crippen MR) is 82.9 cm³/mol. The Morgan fingerprint density at radius 1 is 1.11 bits per heavy atom. The van der Waals surface area contributed by atoms with Crippen LogP contribution in [0.3, 0.4) is 0 Å². The highest BCUT2D eigenvalue weighted by Crippen LogP contribution is 2.38. The molecule has 0 N–H and O–H groups in total. The van der Waals surface area contributed by atoms with Gasteiger partial charge in [-0.2, -0.15) is 0 Å². The summed E-state index contributed by atoms with van der Waals surface area (Å²) in [5.74, 6) is 2.72. The average Bonchev–Trinajstić information content (AvgIpc) is 2.40. The highest BCUT2D eigenvalue weighted by Gasteiger charge is 2.23. The molecule has 0 spiro atoms. The fourth-order valence-corrected chi connectivity index (χ4v) is 3.47. The molecule has 100 valence electrons. The van der Waals surface area contributed by atoms with Crippen molar-refractivity contribution in [1.82, 2.24) is 0 Å². The highest BCUT2D eigenvalue weighted by atomic mass is 79.9. The van der Waals surface area contributed by atoms with Gasteiger partial charge in [0.05, 0.1) is 0 Å². The van der Waals surface area contributed by atoms with Gasteiger partial charge in [0.25, 0.3) is 0 Å². The molecule has 0 radical (unpaired) electrons. The highest BCUT2D eigenvalue weighted by molar-refractivity contribution is 9.10. The molecular weight excluding hydrogens is 284 g/mol. The lowest BCUT2D eigenvalue weighted by Gasteiger charge is -2.30. The normalized spacial score (nSPS) is 25.9. The van der Waals surface area contributed by atoms with Gasteiger partial charge in [0, 0.05) is 4.47 Å². The van der Waals surface area contributed by atoms with Crippen LogP contribution < -0.4 is 0 Å². The second-order valence-electron chi connectivity index (χ2n) is 6.02. The van der Waals surface area contributed by atoms with Crippen molar-refractivity contribution < 1.29 is 0 Å². The summed E-state index contributed by atoms with van der Waals surface area (Å²) in [4.78, 5) is 0. The second kappa shape index (κ2) is 6.75. The lowest BCUT2D eigenvalue weighted by atomic mass is 9.76. The van der Waals surface area contributed by atoms with Crippen LogP contribution in [0.5, 0.6) is 0 Å². The zero-order valence-electron chi connectivity index (χ0n) is 11.7. The quantitative estimate of drug-likeness (QED) is 0.625. The van der Waals surface area contributed by atoms with E-state index in [0.717, 1.165) is 17.8 Å². The van der Waals surface area contributed by atoms with E-state index in [0.29, 0.717) is 0 Å². The molecule has 0 saturated heterocycles. The monoisotopic (exact) mass is 308 g/mol. The van der Waals surface area contributed by atoms with Gasteiger partial charge in [-0.15, -0.1) is 0 Å². The second-order valence-corrected chi connectivity index (χ2v) is 6.93. The smallest absolute Gasteiger partial charge is 0.0175 e. The molecule has 0 bridgehead atoms. The molecule has 1 aliphatic carbocycles. The zero-order chi connectivity index (χ0) is 13.0. The van der Waals surface area contributed by atoms with Crippen LogP contribution in [-0.4, -0.2) is 0 Å². The Bertz CT molecular complexity index is 346. The van der Waals surface area contributed by atoms with Crippen molar-refractivity contribution in [2.75, 3.05) is 0 Å². The molecule has 1 atom stereocenters. The van der Waals surface area contributed by atoms with Gasteiger partial charge < -0.3 is 0 Å². The molecule has 18 heavy (non-hydrogen) atoms. The van der Waals surface area contributed by atoms with E-state index in [4.69, 9.17) is 0 Å². The van der Waals surface area contributed by atoms with Crippen LogP contribution in [0.4, 0.5) is 0 Å². The van der Waals surface area contributed by atoms with E-state index in [1.807, 2.05) is 0 Å². The van der Waals surface area contributed by atoms with E-state index in [1.54, 1.807) is 5.56 Å². The SMILES string of the molecule is CCC(C)CC1CCC(c2ccc(Br)cc2)CC1. The summed E-state index contributed by atoms with van der Waals surface area (Å²) in [7, 11) is 0. The van der Waals surface area contributed by atoms with Gasteiger partial charge in [-0.1, -0.05) is 48.3 Å². The standard InChI is InChI=1S/C17H25Br/c1-3-13(2)12-14-4-6-15(7-5-14)16-8-10-17(18)11-9-16/h8-11,13-15H,3-7,12H2,1-2H3. The van der Waals surface area contributed by atoms with Crippen molar-refractivity contribution in [3.63, 3.8) is 0 Å². The van der Waals surface area contributed by atoms with Gasteiger partial charge in [0.15, 0.2) is 0 Å². The Hall–Kier alpha value is -0.300. The number of benzene rings is 1. The van der Waals surface area contributed by atoms with Crippen molar-refractivity contribution in [3.05, 3.63) is 34.3 Å². The molecule has 1 aromatic rings. The van der Waals surface area contributed by atoms with Crippen LogP contribution in [0.2, 0.25) is 0 Å². The third-order valence-electron chi connectivity index (χ3n) is 4.62. The third-order valence-corrected chi connectivity index (χ3v) is 5.15. The molecule has 2 rings (SSSR count). The van der Waals surface area contributed by atoms with Crippen molar-refractivity contribution in [2.24, 2.45) is 11.8 Å². The summed E-state index contributed by atoms with van der Waals surface area (Å²) in [6.45, 7) is 4.72. The number of rotatable bonds is 4. The summed E-state index contributed by atoms with van der Waals surface area (Å²) in [5.41, 5.74) is 1.54. The molecule has 1 unspecified atom stereocenters. The largest absolute Gasteiger partial charge is 0.0651 e. The average molecular weight is 309 g/mol. The maximum atomic E-state index is 3.51. The van der Waals surface area contributed by atoms with Crippen molar-refractivity contribution >= 4 is 15.9 Å². The van der Waals surface area contributed by atoms with Crippen LogP contribution in [-0.2, 0) is 0 Å². The topological polar surface area (TPSA) is 0 Å². The maximum Gasteiger partial charge on any atom is 0.0175 e. The molecule has 0 nitrogen and oxygen atoms in total. The molecule has 1 aliphatic rings. The lowest BCUT2D eigenvalue weighted by Crippen LogP contribution is -2.15. The van der Waals surface area contributed by atoms with Crippen molar-refractivity contribution in [1.29, 1.82) is 0 Å². The van der Waals surface area contributed by atoms with Crippen LogP contribution >= 0.6 is 15.9 Å². The van der Waals surface area contributed by atoms with E-state index in [9.17, 15) is 0 Å². The van der Waals surface area contributed by atoms with Gasteiger partial charge in [0.1, 0.15) is 0 Å². The Morgan fingerprint density at radius 3 is 2.28 bits per heavy atom. The van der Waals surface area contributed by atoms with Gasteiger partial charge in [-0.3, -0.25) is 0 Å². The number of halogens is 1. The predicted octanol–water partition coefficient (Wildman–Crippen LogP) is 6.16. The fourth-order valence-electron chi connectivity index (χ4n) is 3.20. The van der Waals surface area contributed by atoms with Gasteiger partial charge in [-0.25, -0.2) is 0 Å². The minimum atomic E-state index is 0.811. The zero-order valence-corrected chi connectivity index (χ0v) is 13.2. The van der Waals surface area contributed by atoms with E-state index in [-0.39, 0.29) is 0 Å². The Kier molecular flexibility index (Phi) is 5.29. The van der Waals surface area contributed by atoms with Gasteiger partial charge in [-0.05, 0) is 67.6 Å². The maximum absolute atomic E-state index is 3.51. The third kappa shape index (κ3) is 3.85. The summed E-state index contributed by atoms with van der Waals surface area (Å²) in [6, 6.07) is 8.95. The van der Waals surface area contributed by atoms with Crippen LogP contribution in [0.15, 0.2) is 28.7 Å². The molecule has 1 aromatic carbocycles. The first-order valence-electron chi connectivity index (χ1n) is 7.44. The fraction of sp³-hybridized carbons (Fsp3) is 0.647. The Labute approximate surface area is 120 Å². The van der Waals surface area contributed by atoms with E-state index in [2.05, 4.69) is 54.0 Å². The first kappa shape index (κ1) is 14.1. The summed E-state index contributed by atoms with van der Waals surface area (Å²) < 4.78 is 1.19. The van der Waals surface area contributed by atoms with Crippen molar-refractivity contribution in [3.8, 4) is 0 Å². The lowest BCUT2D eigenvalue weighted by molar-refractivity contribution is 0.273. The molecule has 0 aliphatic heterocycles. The molecule has 1 heteroatoms. The molecule has 0 heterocycles. The first-order chi connectivity index (χ1) is 8.69. The summed E-state index contributed by atoms with van der Waals surface area (Å²) >= 11 is 3.51. The molecule has 0 amide bonds. The Morgan fingerprint density at radius 2 is 1.72 bits per heavy atom. The number of hydrogen-bond acceptors (Lipinski definition) is 0. The van der Waals surface area contributed by atoms with Crippen LogP contribution in [0, 0.1) is 11.8 Å². The van der Waals surface area contributed by atoms with Crippen LogP contribution in [0.1, 0.15) is 63.9 Å². The minimum absolute atomic E-state index is 0.811. The van der Waals surface area contributed by atoms with Crippen LogP contribution in [0.25, 0.3) is 0 Å². The minimum Gasteiger partial charge on any atom is -0.0651 e. The van der Waals surface area contributed by atoms with E-state index < -0.39 is 0 Å². The first-order valence-corrected chi connectivity index (χ1v) is 8.23. The van der Waals surface area contributed by atoms with E-state index in [1.165, 1.54) is 43.0 Å². The Balaban J connectivity index is 1.84. The summed E-state index contributed by atoms with van der Waals surface area (Å²) in [5, 5.41) is 0. The molecule has 1 fully saturated rings. The summed E-state index contributed by atoms with van der Waals surface area (Å²) in [6.07, 6.45) is 8.44. The van der Waals surface area contributed by atoms with Gasteiger partial charge >= 0.3 is 0 Å². The van der Waals surface area contributed by atoms with Gasteiger partial charge in [0.2, 0.25) is 0 Å². The van der Waals surface area contributed by atoms with E-state index >= 15 is 0 Å². The molecule has 0 aromatic heterocycles. The molecule has 1 saturated carbocycles.